The number of hydrogen-bond acceptors (Lipinski definition) is 5. The number of carbonyl (C=O) groups is 1. The minimum atomic E-state index is -0.314. The number of halogens is 1. The third-order valence-electron chi connectivity index (χ3n) is 6.42. The molecule has 2 aliphatic rings. The number of rotatable bonds is 7. The predicted octanol–water partition coefficient (Wildman–Crippen LogP) is 2.16. The van der Waals surface area contributed by atoms with Gasteiger partial charge in [-0.25, -0.2) is 9.98 Å². The number of aromatic nitrogens is 1. The number of nitrogens with one attached hydrogen (secondary N) is 2. The number of piperazine rings is 1. The summed E-state index contributed by atoms with van der Waals surface area (Å²) >= 11 is 0. The Bertz CT molecular complexity index is 739. The van der Waals surface area contributed by atoms with Crippen molar-refractivity contribution in [3.63, 3.8) is 0 Å². The summed E-state index contributed by atoms with van der Waals surface area (Å²) in [5.74, 6) is 2.01. The molecule has 1 aromatic heterocycles. The maximum atomic E-state index is 12.8. The second-order valence-corrected chi connectivity index (χ2v) is 9.05. The van der Waals surface area contributed by atoms with Gasteiger partial charge in [0.25, 0.3) is 0 Å². The molecule has 8 nitrogen and oxygen atoms in total. The van der Waals surface area contributed by atoms with Crippen molar-refractivity contribution in [3.8, 4) is 0 Å². The monoisotopic (exact) mass is 557 g/mol. The summed E-state index contributed by atoms with van der Waals surface area (Å²) in [7, 11) is 5.85. The lowest BCUT2D eigenvalue weighted by Crippen LogP contribution is -2.49. The van der Waals surface area contributed by atoms with E-state index in [1.165, 1.54) is 0 Å². The number of aliphatic imine (C=N–C) groups is 1. The van der Waals surface area contributed by atoms with Crippen molar-refractivity contribution in [2.45, 2.75) is 39.2 Å². The SMILES string of the molecule is CCNC(=NCc1ccc(N2CCN(C)CC2)nc1)NCC1(C(=O)N(C)C)CCCC1.I. The van der Waals surface area contributed by atoms with Crippen molar-refractivity contribution < 1.29 is 4.79 Å². The molecule has 9 heteroatoms. The molecule has 1 saturated carbocycles. The quantitative estimate of drug-likeness (QED) is 0.304. The van der Waals surface area contributed by atoms with Gasteiger partial charge in [-0.1, -0.05) is 18.9 Å². The Morgan fingerprint density at radius 2 is 1.84 bits per heavy atom. The summed E-state index contributed by atoms with van der Waals surface area (Å²) in [6, 6.07) is 4.21. The Hall–Kier alpha value is -1.62. The molecule has 0 atom stereocenters. The van der Waals surface area contributed by atoms with E-state index in [-0.39, 0.29) is 35.3 Å². The lowest BCUT2D eigenvalue weighted by atomic mass is 9.84. The summed E-state index contributed by atoms with van der Waals surface area (Å²) in [5.41, 5.74) is 0.765. The van der Waals surface area contributed by atoms with E-state index >= 15 is 0 Å². The van der Waals surface area contributed by atoms with E-state index in [2.05, 4.69) is 51.5 Å². The Morgan fingerprint density at radius 1 is 1.16 bits per heavy atom. The van der Waals surface area contributed by atoms with Crippen molar-refractivity contribution in [2.24, 2.45) is 10.4 Å². The largest absolute Gasteiger partial charge is 0.357 e. The van der Waals surface area contributed by atoms with Crippen LogP contribution < -0.4 is 15.5 Å². The molecule has 0 radical (unpaired) electrons. The Kier molecular flexibility index (Phi) is 10.5. The van der Waals surface area contributed by atoms with Crippen molar-refractivity contribution in [2.75, 3.05) is 65.3 Å². The van der Waals surface area contributed by atoms with Crippen LogP contribution in [0.25, 0.3) is 0 Å². The van der Waals surface area contributed by atoms with Gasteiger partial charge in [0.15, 0.2) is 5.96 Å². The van der Waals surface area contributed by atoms with Crippen LogP contribution in [0.2, 0.25) is 0 Å². The second-order valence-electron chi connectivity index (χ2n) is 9.05. The molecule has 3 rings (SSSR count). The van der Waals surface area contributed by atoms with Crippen molar-refractivity contribution >= 4 is 41.7 Å². The van der Waals surface area contributed by atoms with E-state index < -0.39 is 0 Å². The molecule has 32 heavy (non-hydrogen) atoms. The maximum absolute atomic E-state index is 12.8. The fourth-order valence-electron chi connectivity index (χ4n) is 4.49. The molecule has 2 fully saturated rings. The third-order valence-corrected chi connectivity index (χ3v) is 6.42. The van der Waals surface area contributed by atoms with Crippen LogP contribution in [0.4, 0.5) is 5.82 Å². The summed E-state index contributed by atoms with van der Waals surface area (Å²) in [6.45, 7) is 8.19. The molecule has 1 aliphatic carbocycles. The molecule has 1 amide bonds. The lowest BCUT2D eigenvalue weighted by Gasteiger charge is -2.33. The predicted molar refractivity (Wildman–Crippen MR) is 142 cm³/mol. The standard InChI is InChI=1S/C23H39N7O.HI/c1-5-24-22(27-18-23(10-6-7-11-23)21(31)28(2)3)26-17-19-8-9-20(25-16-19)30-14-12-29(4)13-15-30;/h8-9,16H,5-7,10-15,17-18H2,1-4H3,(H2,24,26,27);1H. The number of likely N-dealkylation sites (N-methyl/N-ethyl adjacent to an activating group) is 1. The minimum Gasteiger partial charge on any atom is -0.357 e. The van der Waals surface area contributed by atoms with E-state index in [0.717, 1.165) is 75.7 Å². The number of nitrogens with zero attached hydrogens (tertiary/aromatic N) is 5. The number of amides is 1. The molecule has 0 aromatic carbocycles. The van der Waals surface area contributed by atoms with Crippen LogP contribution in [-0.4, -0.2) is 87.1 Å². The number of hydrogen-bond donors (Lipinski definition) is 2. The molecule has 1 aromatic rings. The van der Waals surface area contributed by atoms with Gasteiger partial charge in [-0.2, -0.15) is 0 Å². The molecule has 0 unspecified atom stereocenters. The fourth-order valence-corrected chi connectivity index (χ4v) is 4.49. The number of guanidine groups is 1. The van der Waals surface area contributed by atoms with Crippen LogP contribution >= 0.6 is 24.0 Å². The highest BCUT2D eigenvalue weighted by Gasteiger charge is 2.42. The van der Waals surface area contributed by atoms with Gasteiger partial charge in [-0.05, 0) is 38.4 Å². The first-order valence-corrected chi connectivity index (χ1v) is 11.6. The zero-order valence-corrected chi connectivity index (χ0v) is 22.4. The highest BCUT2D eigenvalue weighted by atomic mass is 127. The Labute approximate surface area is 210 Å². The van der Waals surface area contributed by atoms with E-state index in [9.17, 15) is 4.79 Å². The molecule has 1 saturated heterocycles. The minimum absolute atomic E-state index is 0. The summed E-state index contributed by atoms with van der Waals surface area (Å²) in [4.78, 5) is 28.6. The molecule has 2 N–H and O–H groups in total. The molecule has 2 heterocycles. The highest BCUT2D eigenvalue weighted by Crippen LogP contribution is 2.38. The van der Waals surface area contributed by atoms with Crippen LogP contribution in [0.1, 0.15) is 38.2 Å². The van der Waals surface area contributed by atoms with Crippen molar-refractivity contribution in [1.82, 2.24) is 25.4 Å². The smallest absolute Gasteiger partial charge is 0.230 e. The molecule has 1 aliphatic heterocycles. The number of pyridine rings is 1. The van der Waals surface area contributed by atoms with Crippen LogP contribution in [0.5, 0.6) is 0 Å². The van der Waals surface area contributed by atoms with Gasteiger partial charge in [0.05, 0.1) is 12.0 Å². The average molecular weight is 558 g/mol. The zero-order valence-electron chi connectivity index (χ0n) is 20.1. The first-order valence-electron chi connectivity index (χ1n) is 11.6. The van der Waals surface area contributed by atoms with Crippen LogP contribution in [-0.2, 0) is 11.3 Å². The first-order chi connectivity index (χ1) is 14.9. The average Bonchev–Trinajstić information content (AvgIpc) is 3.26. The molecular weight excluding hydrogens is 517 g/mol. The van der Waals surface area contributed by atoms with Crippen LogP contribution in [0.15, 0.2) is 23.3 Å². The normalized spacial score (nSPS) is 18.8. The number of anilines is 1. The van der Waals surface area contributed by atoms with Gasteiger partial charge in [0.1, 0.15) is 5.82 Å². The Morgan fingerprint density at radius 3 is 2.41 bits per heavy atom. The van der Waals surface area contributed by atoms with Crippen molar-refractivity contribution in [3.05, 3.63) is 23.9 Å². The zero-order chi connectivity index (χ0) is 22.3. The molecule has 0 bridgehead atoms. The first kappa shape index (κ1) is 26.6. The third kappa shape index (κ3) is 6.94. The van der Waals surface area contributed by atoms with E-state index in [1.807, 2.05) is 20.3 Å². The van der Waals surface area contributed by atoms with Gasteiger partial charge in [-0.15, -0.1) is 24.0 Å². The topological polar surface area (TPSA) is 76.1 Å². The van der Waals surface area contributed by atoms with Crippen LogP contribution in [0, 0.1) is 5.41 Å². The van der Waals surface area contributed by atoms with E-state index in [0.29, 0.717) is 13.1 Å². The lowest BCUT2D eigenvalue weighted by molar-refractivity contribution is -0.138. The maximum Gasteiger partial charge on any atom is 0.230 e. The number of carbonyl (C=O) groups excluding carboxylic acids is 1. The fraction of sp³-hybridized carbons (Fsp3) is 0.696. The van der Waals surface area contributed by atoms with E-state index in [4.69, 9.17) is 4.99 Å². The van der Waals surface area contributed by atoms with Gasteiger partial charge in [0.2, 0.25) is 5.91 Å². The van der Waals surface area contributed by atoms with E-state index in [1.54, 1.807) is 4.90 Å². The van der Waals surface area contributed by atoms with Gasteiger partial charge < -0.3 is 25.3 Å². The summed E-state index contributed by atoms with van der Waals surface area (Å²) < 4.78 is 0. The molecular formula is C23H40IN7O. The van der Waals surface area contributed by atoms with Crippen molar-refractivity contribution in [1.29, 1.82) is 0 Å². The van der Waals surface area contributed by atoms with Crippen LogP contribution in [0.3, 0.4) is 0 Å². The summed E-state index contributed by atoms with van der Waals surface area (Å²) in [6.07, 6.45) is 6.03. The van der Waals surface area contributed by atoms with Gasteiger partial charge >= 0.3 is 0 Å². The highest BCUT2D eigenvalue weighted by molar-refractivity contribution is 14.0. The van der Waals surface area contributed by atoms with Gasteiger partial charge in [0, 0.05) is 59.6 Å². The van der Waals surface area contributed by atoms with Gasteiger partial charge in [-0.3, -0.25) is 4.79 Å². The summed E-state index contributed by atoms with van der Waals surface area (Å²) in [5, 5.41) is 6.74. The molecule has 0 spiro atoms. The second kappa shape index (κ2) is 12.6. The molecule has 180 valence electrons. The Balaban J connectivity index is 0.00000363.